The number of imidazole rings is 1. The molecular formula is C14H22IN5. The second kappa shape index (κ2) is 6.92. The molecule has 0 aliphatic heterocycles. The van der Waals surface area contributed by atoms with Crippen LogP contribution in [0.5, 0.6) is 0 Å². The van der Waals surface area contributed by atoms with Crippen molar-refractivity contribution in [3.8, 4) is 0 Å². The zero-order chi connectivity index (χ0) is 14.0. The van der Waals surface area contributed by atoms with Crippen LogP contribution in [0.25, 0.3) is 11.0 Å². The van der Waals surface area contributed by atoms with Crippen LogP contribution in [0.3, 0.4) is 0 Å². The number of halogens is 1. The second-order valence-corrected chi connectivity index (χ2v) is 5.06. The maximum Gasteiger partial charge on any atom is 0.195 e. The summed E-state index contributed by atoms with van der Waals surface area (Å²) in [5, 5.41) is 0. The summed E-state index contributed by atoms with van der Waals surface area (Å²) < 4.78 is 0. The van der Waals surface area contributed by atoms with Gasteiger partial charge in [0.2, 0.25) is 0 Å². The number of benzene rings is 1. The fourth-order valence-corrected chi connectivity index (χ4v) is 2.13. The van der Waals surface area contributed by atoms with E-state index in [0.717, 1.165) is 22.8 Å². The molecule has 0 bridgehead atoms. The molecule has 0 spiro atoms. The summed E-state index contributed by atoms with van der Waals surface area (Å²) in [7, 11) is 7.95. The molecule has 0 amide bonds. The average Bonchev–Trinajstić information content (AvgIpc) is 2.72. The lowest BCUT2D eigenvalue weighted by molar-refractivity contribution is 0.479. The van der Waals surface area contributed by atoms with Crippen molar-refractivity contribution in [2.75, 3.05) is 28.2 Å². The van der Waals surface area contributed by atoms with Gasteiger partial charge in [-0.15, -0.1) is 24.0 Å². The van der Waals surface area contributed by atoms with Gasteiger partial charge >= 0.3 is 0 Å². The highest BCUT2D eigenvalue weighted by molar-refractivity contribution is 14.0. The quantitative estimate of drug-likeness (QED) is 0.489. The summed E-state index contributed by atoms with van der Waals surface area (Å²) in [5.41, 5.74) is 3.29. The molecule has 110 valence electrons. The van der Waals surface area contributed by atoms with Gasteiger partial charge in [-0.25, -0.2) is 9.98 Å². The van der Waals surface area contributed by atoms with Crippen molar-refractivity contribution in [1.82, 2.24) is 19.8 Å². The number of fused-ring (bicyclic) bond motifs is 1. The van der Waals surface area contributed by atoms with Gasteiger partial charge in [-0.1, -0.05) is 12.1 Å². The Morgan fingerprint density at radius 3 is 2.40 bits per heavy atom. The van der Waals surface area contributed by atoms with Crippen LogP contribution < -0.4 is 0 Å². The lowest BCUT2D eigenvalue weighted by atomic mass is 10.2. The van der Waals surface area contributed by atoms with Crippen LogP contribution in [-0.4, -0.2) is 53.9 Å². The maximum atomic E-state index is 4.60. The van der Waals surface area contributed by atoms with Crippen molar-refractivity contribution in [2.45, 2.75) is 13.5 Å². The minimum absolute atomic E-state index is 0. The normalized spacial score (nSPS) is 10.1. The van der Waals surface area contributed by atoms with Gasteiger partial charge in [0.05, 0.1) is 11.0 Å². The van der Waals surface area contributed by atoms with Crippen LogP contribution in [0.15, 0.2) is 23.2 Å². The van der Waals surface area contributed by atoms with E-state index in [9.17, 15) is 0 Å². The fraction of sp³-hybridized carbons (Fsp3) is 0.429. The minimum Gasteiger partial charge on any atom is -0.349 e. The third-order valence-electron chi connectivity index (χ3n) is 2.93. The number of nitrogens with zero attached hydrogens (tertiary/aromatic N) is 4. The van der Waals surface area contributed by atoms with Crippen LogP contribution in [0.1, 0.15) is 11.4 Å². The van der Waals surface area contributed by atoms with Crippen LogP contribution in [-0.2, 0) is 6.54 Å². The van der Waals surface area contributed by atoms with E-state index >= 15 is 0 Å². The number of aryl methyl sites for hydroxylation is 1. The van der Waals surface area contributed by atoms with Gasteiger partial charge in [-0.05, 0) is 18.6 Å². The Kier molecular flexibility index (Phi) is 5.79. The van der Waals surface area contributed by atoms with Gasteiger partial charge in [0.15, 0.2) is 5.96 Å². The monoisotopic (exact) mass is 387 g/mol. The summed E-state index contributed by atoms with van der Waals surface area (Å²) in [6.07, 6.45) is 0. The molecule has 0 radical (unpaired) electrons. The smallest absolute Gasteiger partial charge is 0.195 e. The number of hydrogen-bond donors (Lipinski definition) is 1. The van der Waals surface area contributed by atoms with E-state index in [0.29, 0.717) is 6.54 Å². The molecule has 1 heterocycles. The van der Waals surface area contributed by atoms with E-state index in [1.54, 1.807) is 0 Å². The molecule has 6 heteroatoms. The Bertz CT molecular complexity index is 591. The van der Waals surface area contributed by atoms with Gasteiger partial charge in [0.25, 0.3) is 0 Å². The van der Waals surface area contributed by atoms with Crippen molar-refractivity contribution >= 4 is 41.0 Å². The summed E-state index contributed by atoms with van der Waals surface area (Å²) in [6, 6.07) is 6.15. The molecule has 0 unspecified atom stereocenters. The highest BCUT2D eigenvalue weighted by Crippen LogP contribution is 2.15. The number of aromatic nitrogens is 2. The van der Waals surface area contributed by atoms with E-state index in [2.05, 4.69) is 28.0 Å². The second-order valence-electron chi connectivity index (χ2n) is 5.06. The molecule has 1 N–H and O–H groups in total. The molecule has 0 fully saturated rings. The third-order valence-corrected chi connectivity index (χ3v) is 2.93. The molecule has 0 atom stereocenters. The van der Waals surface area contributed by atoms with Gasteiger partial charge in [0, 0.05) is 28.2 Å². The summed E-state index contributed by atoms with van der Waals surface area (Å²) in [5.74, 6) is 1.82. The van der Waals surface area contributed by atoms with Gasteiger partial charge in [0.1, 0.15) is 12.4 Å². The minimum atomic E-state index is 0. The van der Waals surface area contributed by atoms with E-state index in [4.69, 9.17) is 0 Å². The van der Waals surface area contributed by atoms with Gasteiger partial charge in [-0.2, -0.15) is 0 Å². The molecule has 2 aromatic rings. The first-order valence-corrected chi connectivity index (χ1v) is 6.32. The van der Waals surface area contributed by atoms with E-state index < -0.39 is 0 Å². The largest absolute Gasteiger partial charge is 0.349 e. The number of rotatable bonds is 2. The molecule has 0 aliphatic rings. The topological polar surface area (TPSA) is 47.5 Å². The number of hydrogen-bond acceptors (Lipinski definition) is 2. The number of aliphatic imine (C=N–C) groups is 1. The maximum absolute atomic E-state index is 4.60. The first-order valence-electron chi connectivity index (χ1n) is 6.32. The van der Waals surface area contributed by atoms with Crippen LogP contribution in [0.2, 0.25) is 0 Å². The molecule has 1 aromatic carbocycles. The van der Waals surface area contributed by atoms with Crippen molar-refractivity contribution in [1.29, 1.82) is 0 Å². The van der Waals surface area contributed by atoms with Crippen LogP contribution in [0.4, 0.5) is 0 Å². The highest BCUT2D eigenvalue weighted by atomic mass is 127. The lowest BCUT2D eigenvalue weighted by Gasteiger charge is -2.22. The molecule has 0 saturated heterocycles. The summed E-state index contributed by atoms with van der Waals surface area (Å²) >= 11 is 0. The van der Waals surface area contributed by atoms with Crippen LogP contribution >= 0.6 is 24.0 Å². The Labute approximate surface area is 137 Å². The number of guanidine groups is 1. The molecule has 0 aliphatic carbocycles. The Hall–Kier alpha value is -1.31. The Morgan fingerprint density at radius 2 is 1.85 bits per heavy atom. The molecule has 20 heavy (non-hydrogen) atoms. The van der Waals surface area contributed by atoms with Crippen molar-refractivity contribution < 1.29 is 0 Å². The SMILES string of the molecule is Cc1cccc2[nH]c(CN=C(N(C)C)N(C)C)nc12.I. The molecule has 5 nitrogen and oxygen atoms in total. The standard InChI is InChI=1S/C14H21N5.HI/c1-10-7-6-8-11-13(10)17-12(16-11)9-15-14(18(2)3)19(4)5;/h6-8H,9H2,1-5H3,(H,16,17);1H. The number of nitrogens with one attached hydrogen (secondary N) is 1. The van der Waals surface area contributed by atoms with Gasteiger partial charge < -0.3 is 14.8 Å². The first-order chi connectivity index (χ1) is 8.99. The molecule has 0 saturated carbocycles. The fourth-order valence-electron chi connectivity index (χ4n) is 2.13. The predicted molar refractivity (Wildman–Crippen MR) is 94.8 cm³/mol. The number of H-pyrrole nitrogens is 1. The zero-order valence-electron chi connectivity index (χ0n) is 12.6. The molecule has 2 rings (SSSR count). The van der Waals surface area contributed by atoms with Gasteiger partial charge in [-0.3, -0.25) is 0 Å². The summed E-state index contributed by atoms with van der Waals surface area (Å²) in [4.78, 5) is 16.5. The summed E-state index contributed by atoms with van der Waals surface area (Å²) in [6.45, 7) is 2.63. The van der Waals surface area contributed by atoms with Crippen molar-refractivity contribution in [3.63, 3.8) is 0 Å². The van der Waals surface area contributed by atoms with Crippen molar-refractivity contribution in [2.24, 2.45) is 4.99 Å². The zero-order valence-corrected chi connectivity index (χ0v) is 15.0. The van der Waals surface area contributed by atoms with E-state index in [-0.39, 0.29) is 24.0 Å². The Morgan fingerprint density at radius 1 is 1.20 bits per heavy atom. The predicted octanol–water partition coefficient (Wildman–Crippen LogP) is 2.47. The molecular weight excluding hydrogens is 365 g/mol. The number of para-hydroxylation sites is 1. The Balaban J connectivity index is 0.00000200. The molecule has 1 aromatic heterocycles. The highest BCUT2D eigenvalue weighted by Gasteiger charge is 2.07. The lowest BCUT2D eigenvalue weighted by Crippen LogP contribution is -2.35. The first kappa shape index (κ1) is 16.7. The third kappa shape index (κ3) is 3.62. The number of aromatic amines is 1. The van der Waals surface area contributed by atoms with Crippen molar-refractivity contribution in [3.05, 3.63) is 29.6 Å². The van der Waals surface area contributed by atoms with E-state index in [1.807, 2.05) is 50.1 Å². The average molecular weight is 387 g/mol. The van der Waals surface area contributed by atoms with E-state index in [1.165, 1.54) is 5.56 Å². The van der Waals surface area contributed by atoms with Crippen LogP contribution in [0, 0.1) is 6.92 Å².